The lowest BCUT2D eigenvalue weighted by Crippen LogP contribution is -2.54. The summed E-state index contributed by atoms with van der Waals surface area (Å²) in [5.74, 6) is 1.82. The van der Waals surface area contributed by atoms with Crippen molar-refractivity contribution >= 4 is 33.1 Å². The Labute approximate surface area is 238 Å². The maximum Gasteiger partial charge on any atom is 0.242 e. The highest BCUT2D eigenvalue weighted by molar-refractivity contribution is 7.19. The number of hydrogen-bond acceptors (Lipinski definition) is 7. The molecule has 3 aliphatic heterocycles. The Hall–Kier alpha value is -2.79. The highest BCUT2D eigenvalue weighted by atomic mass is 32.1. The number of aryl methyl sites for hydroxylation is 2. The molecule has 0 aromatic carbocycles. The van der Waals surface area contributed by atoms with Crippen LogP contribution in [0.25, 0.3) is 27.1 Å². The van der Waals surface area contributed by atoms with Gasteiger partial charge in [0.1, 0.15) is 16.7 Å². The number of H-pyrrole nitrogens is 1. The van der Waals surface area contributed by atoms with Crippen molar-refractivity contribution in [3.8, 4) is 11.3 Å². The first-order chi connectivity index (χ1) is 19.3. The zero-order valence-electron chi connectivity index (χ0n) is 24.0. The lowest BCUT2D eigenvalue weighted by atomic mass is 9.89. The number of amides is 1. The topological polar surface area (TPSA) is 88.0 Å². The maximum atomic E-state index is 13.2. The third kappa shape index (κ3) is 4.10. The number of aromatic amines is 1. The standard InChI is InChI=1S/C30H38N6O3S/c1-16(2)24-25-17(3)27(19-6-8-35(9-7-19)30(37)23-15-38-11-10-34(23)5)40-29(25)32-26(24)20-12-36-28(31-18(4)33-36)22-14-39-13-21(20)22/h12,16,19,23,32H,6-11,13-15H2,1-5H3/t23-/m1/s1. The van der Waals surface area contributed by atoms with E-state index in [4.69, 9.17) is 9.47 Å². The normalized spacial score (nSPS) is 20.9. The van der Waals surface area contributed by atoms with Crippen molar-refractivity contribution in [1.29, 1.82) is 0 Å². The summed E-state index contributed by atoms with van der Waals surface area (Å²) in [5.41, 5.74) is 8.38. The highest BCUT2D eigenvalue weighted by Crippen LogP contribution is 2.47. The summed E-state index contributed by atoms with van der Waals surface area (Å²) >= 11 is 1.90. The maximum absolute atomic E-state index is 13.2. The van der Waals surface area contributed by atoms with Crippen LogP contribution in [0.5, 0.6) is 0 Å². The number of hydrogen-bond donors (Lipinski definition) is 1. The number of rotatable bonds is 4. The Morgan fingerprint density at radius 2 is 1.90 bits per heavy atom. The molecular weight excluding hydrogens is 524 g/mol. The number of carbonyl (C=O) groups is 1. The third-order valence-corrected chi connectivity index (χ3v) is 10.5. The minimum absolute atomic E-state index is 0.147. The summed E-state index contributed by atoms with van der Waals surface area (Å²) in [6, 6.07) is -0.147. The van der Waals surface area contributed by atoms with Crippen LogP contribution in [0.3, 0.4) is 0 Å². The van der Waals surface area contributed by atoms with Gasteiger partial charge in [0.25, 0.3) is 0 Å². The van der Waals surface area contributed by atoms with E-state index in [2.05, 4.69) is 51.8 Å². The van der Waals surface area contributed by atoms with Gasteiger partial charge in [-0.2, -0.15) is 5.10 Å². The van der Waals surface area contributed by atoms with Gasteiger partial charge in [-0.25, -0.2) is 9.50 Å². The highest BCUT2D eigenvalue weighted by Gasteiger charge is 2.34. The number of nitrogens with zero attached hydrogens (tertiary/aromatic N) is 5. The Balaban J connectivity index is 1.20. The van der Waals surface area contributed by atoms with Crippen molar-refractivity contribution in [2.45, 2.75) is 71.6 Å². The molecule has 0 unspecified atom stereocenters. The van der Waals surface area contributed by atoms with Gasteiger partial charge in [0.05, 0.1) is 32.1 Å². The van der Waals surface area contributed by atoms with Crippen LogP contribution in [0, 0.1) is 13.8 Å². The number of aromatic nitrogens is 4. The first-order valence-electron chi connectivity index (χ1n) is 14.5. The monoisotopic (exact) mass is 562 g/mol. The number of fused-ring (bicyclic) bond motifs is 4. The van der Waals surface area contributed by atoms with E-state index in [1.807, 2.05) is 29.8 Å². The summed E-state index contributed by atoms with van der Waals surface area (Å²) in [5, 5.41) is 6.01. The van der Waals surface area contributed by atoms with Crippen molar-refractivity contribution in [3.63, 3.8) is 0 Å². The molecule has 0 saturated carbocycles. The fraction of sp³-hybridized carbons (Fsp3) is 0.567. The molecule has 2 fully saturated rings. The van der Waals surface area contributed by atoms with Crippen molar-refractivity contribution in [2.75, 3.05) is 39.9 Å². The van der Waals surface area contributed by atoms with E-state index in [1.165, 1.54) is 43.0 Å². The smallest absolute Gasteiger partial charge is 0.242 e. The molecule has 4 aromatic rings. The largest absolute Gasteiger partial charge is 0.378 e. The average molecular weight is 563 g/mol. The number of ether oxygens (including phenoxy) is 2. The van der Waals surface area contributed by atoms with E-state index in [-0.39, 0.29) is 11.9 Å². The molecule has 7 heterocycles. The number of likely N-dealkylation sites (N-methyl/N-ethyl adjacent to an activating group) is 1. The molecule has 10 heteroatoms. The summed E-state index contributed by atoms with van der Waals surface area (Å²) in [6.45, 7) is 13.6. The molecular formula is C30H38N6O3S. The van der Waals surface area contributed by atoms with E-state index >= 15 is 0 Å². The van der Waals surface area contributed by atoms with E-state index in [0.29, 0.717) is 38.3 Å². The van der Waals surface area contributed by atoms with Crippen LogP contribution >= 0.6 is 11.3 Å². The molecule has 1 atom stereocenters. The minimum atomic E-state index is -0.147. The second kappa shape index (κ2) is 9.94. The second-order valence-electron chi connectivity index (χ2n) is 12.0. The molecule has 7 rings (SSSR count). The molecule has 1 amide bonds. The summed E-state index contributed by atoms with van der Waals surface area (Å²) < 4.78 is 13.4. The van der Waals surface area contributed by atoms with E-state index in [0.717, 1.165) is 49.5 Å². The molecule has 9 nitrogen and oxygen atoms in total. The van der Waals surface area contributed by atoms with Crippen LogP contribution in [-0.4, -0.2) is 81.2 Å². The van der Waals surface area contributed by atoms with Crippen LogP contribution in [0.15, 0.2) is 6.20 Å². The van der Waals surface area contributed by atoms with E-state index < -0.39 is 0 Å². The molecule has 2 saturated heterocycles. The van der Waals surface area contributed by atoms with Crippen LogP contribution < -0.4 is 0 Å². The molecule has 40 heavy (non-hydrogen) atoms. The average Bonchev–Trinajstić information content (AvgIpc) is 3.71. The van der Waals surface area contributed by atoms with E-state index in [9.17, 15) is 4.79 Å². The summed E-state index contributed by atoms with van der Waals surface area (Å²) in [4.78, 5) is 28.6. The van der Waals surface area contributed by atoms with Gasteiger partial charge in [-0.05, 0) is 62.3 Å². The Kier molecular flexibility index (Phi) is 6.49. The van der Waals surface area contributed by atoms with Crippen molar-refractivity contribution in [2.24, 2.45) is 0 Å². The molecule has 4 aromatic heterocycles. The van der Waals surface area contributed by atoms with Crippen LogP contribution in [0.2, 0.25) is 0 Å². The molecule has 212 valence electrons. The van der Waals surface area contributed by atoms with E-state index in [1.54, 1.807) is 0 Å². The minimum Gasteiger partial charge on any atom is -0.378 e. The lowest BCUT2D eigenvalue weighted by molar-refractivity contribution is -0.143. The number of pyridine rings is 1. The first kappa shape index (κ1) is 26.1. The predicted octanol–water partition coefficient (Wildman–Crippen LogP) is 4.75. The molecule has 1 N–H and O–H groups in total. The van der Waals surface area contributed by atoms with Gasteiger partial charge >= 0.3 is 0 Å². The number of thiophene rings is 1. The van der Waals surface area contributed by atoms with Gasteiger partial charge in [-0.15, -0.1) is 11.3 Å². The van der Waals surface area contributed by atoms with Crippen LogP contribution in [-0.2, 0) is 27.5 Å². The van der Waals surface area contributed by atoms with Crippen LogP contribution in [0.1, 0.15) is 71.5 Å². The molecule has 0 bridgehead atoms. The fourth-order valence-electron chi connectivity index (χ4n) is 6.96. The van der Waals surface area contributed by atoms with Crippen LogP contribution in [0.4, 0.5) is 0 Å². The van der Waals surface area contributed by atoms with Gasteiger partial charge in [-0.3, -0.25) is 9.69 Å². The fourth-order valence-corrected chi connectivity index (χ4v) is 8.35. The summed E-state index contributed by atoms with van der Waals surface area (Å²) in [6.07, 6.45) is 4.13. The van der Waals surface area contributed by atoms with Gasteiger partial charge in [0, 0.05) is 47.2 Å². The number of piperidine rings is 1. The predicted molar refractivity (Wildman–Crippen MR) is 156 cm³/mol. The Bertz CT molecular complexity index is 1610. The molecule has 0 radical (unpaired) electrons. The van der Waals surface area contributed by atoms with Crippen molar-refractivity contribution < 1.29 is 14.3 Å². The Morgan fingerprint density at radius 1 is 1.12 bits per heavy atom. The number of morpholine rings is 1. The molecule has 0 spiro atoms. The van der Waals surface area contributed by atoms with Gasteiger partial charge < -0.3 is 19.4 Å². The lowest BCUT2D eigenvalue weighted by Gasteiger charge is -2.38. The van der Waals surface area contributed by atoms with Gasteiger partial charge in [-0.1, -0.05) is 13.8 Å². The number of carbonyl (C=O) groups excluding carboxylic acids is 1. The summed E-state index contributed by atoms with van der Waals surface area (Å²) in [7, 11) is 2.03. The molecule has 0 aliphatic carbocycles. The zero-order chi connectivity index (χ0) is 27.7. The van der Waals surface area contributed by atoms with Gasteiger partial charge in [0.2, 0.25) is 5.91 Å². The van der Waals surface area contributed by atoms with Crippen molar-refractivity contribution in [1.82, 2.24) is 29.4 Å². The first-order valence-corrected chi connectivity index (χ1v) is 15.3. The van der Waals surface area contributed by atoms with Gasteiger partial charge in [0.15, 0.2) is 5.65 Å². The van der Waals surface area contributed by atoms with Crippen molar-refractivity contribution in [3.05, 3.63) is 39.2 Å². The number of likely N-dealkylation sites (tertiary alicyclic amines) is 1. The SMILES string of the molecule is Cc1nc2c3c(c(-c4[nH]c5sc(C6CCN(C(=O)[C@H]7COCCN7C)CC6)c(C)c5c4C(C)C)cn2n1)COC3. The molecule has 3 aliphatic rings. The zero-order valence-corrected chi connectivity index (χ0v) is 24.9. The quantitative estimate of drug-likeness (QED) is 0.386. The third-order valence-electron chi connectivity index (χ3n) is 9.11. The Morgan fingerprint density at radius 3 is 2.65 bits per heavy atom. The second-order valence-corrected chi connectivity index (χ2v) is 13.0. The number of nitrogens with one attached hydrogen (secondary N) is 1.